The van der Waals surface area contributed by atoms with Crippen LogP contribution in [0.25, 0.3) is 0 Å². The van der Waals surface area contributed by atoms with Crippen molar-refractivity contribution in [3.63, 3.8) is 0 Å². The lowest BCUT2D eigenvalue weighted by molar-refractivity contribution is 0.0823. The fraction of sp³-hybridized carbons (Fsp3) is 0.476. The maximum Gasteiger partial charge on any atom is 0.322 e. The second-order valence-corrected chi connectivity index (χ2v) is 14.9. The van der Waals surface area contributed by atoms with Crippen molar-refractivity contribution in [2.24, 2.45) is 0 Å². The largest absolute Gasteiger partial charge is 0.344 e. The molecule has 9 heteroatoms. The van der Waals surface area contributed by atoms with E-state index in [9.17, 15) is 9.59 Å². The Kier molecular flexibility index (Phi) is 6.52. The fourth-order valence-electron chi connectivity index (χ4n) is 3.42. The van der Waals surface area contributed by atoms with Gasteiger partial charge in [0.05, 0.1) is 8.07 Å². The van der Waals surface area contributed by atoms with Gasteiger partial charge in [0.15, 0.2) is 5.13 Å². The molecule has 30 heavy (non-hydrogen) atoms. The van der Waals surface area contributed by atoms with E-state index in [0.717, 1.165) is 10.8 Å². The highest BCUT2D eigenvalue weighted by Gasteiger charge is 2.29. The summed E-state index contributed by atoms with van der Waals surface area (Å²) in [5, 5.41) is 7.03. The summed E-state index contributed by atoms with van der Waals surface area (Å²) in [6, 6.07) is 8.19. The highest BCUT2D eigenvalue weighted by atomic mass is 32.1. The monoisotopic (exact) mass is 445 g/mol. The topological polar surface area (TPSA) is 68.8 Å². The summed E-state index contributed by atoms with van der Waals surface area (Å²) in [6.07, 6.45) is 0. The van der Waals surface area contributed by atoms with Gasteiger partial charge < -0.3 is 20.0 Å². The molecule has 0 spiro atoms. The number of nitrogens with zero attached hydrogens (tertiary/aromatic N) is 4. The molecule has 162 valence electrons. The molecule has 1 aliphatic heterocycles. The maximum atomic E-state index is 12.8. The molecule has 1 atom stereocenters. The van der Waals surface area contributed by atoms with Gasteiger partial charge in [-0.25, -0.2) is 9.78 Å². The molecular weight excluding hydrogens is 414 g/mol. The van der Waals surface area contributed by atoms with Gasteiger partial charge in [0.2, 0.25) is 0 Å². The normalized spacial score (nSPS) is 17.1. The molecule has 1 aromatic heterocycles. The molecule has 0 saturated carbocycles. The van der Waals surface area contributed by atoms with Crippen molar-refractivity contribution in [3.05, 3.63) is 35.3 Å². The van der Waals surface area contributed by atoms with Gasteiger partial charge in [0, 0.05) is 50.8 Å². The predicted molar refractivity (Wildman–Crippen MR) is 127 cm³/mol. The molecule has 1 fully saturated rings. The van der Waals surface area contributed by atoms with E-state index in [0.29, 0.717) is 25.3 Å². The number of hydrogen-bond acceptors (Lipinski definition) is 5. The van der Waals surface area contributed by atoms with Crippen LogP contribution < -0.4 is 15.4 Å². The minimum absolute atomic E-state index is 0.0388. The van der Waals surface area contributed by atoms with Crippen LogP contribution in [-0.4, -0.2) is 74.6 Å². The molecule has 7 nitrogen and oxygen atoms in total. The predicted octanol–water partition coefficient (Wildman–Crippen LogP) is 3.13. The zero-order valence-corrected chi connectivity index (χ0v) is 20.4. The van der Waals surface area contributed by atoms with Crippen molar-refractivity contribution in [3.8, 4) is 0 Å². The van der Waals surface area contributed by atoms with E-state index in [-0.39, 0.29) is 18.0 Å². The number of anilines is 2. The number of nitrogens with one attached hydrogen (secondary N) is 1. The number of thiazole rings is 1. The smallest absolute Gasteiger partial charge is 0.322 e. The van der Waals surface area contributed by atoms with E-state index in [1.54, 1.807) is 19.5 Å². The number of hydrogen-bond donors (Lipinski definition) is 1. The van der Waals surface area contributed by atoms with E-state index in [1.807, 2.05) is 24.0 Å². The van der Waals surface area contributed by atoms with E-state index < -0.39 is 8.07 Å². The van der Waals surface area contributed by atoms with Crippen LogP contribution in [0.5, 0.6) is 0 Å². The Balaban J connectivity index is 1.60. The molecule has 0 radical (unpaired) electrons. The Morgan fingerprint density at radius 2 is 1.83 bits per heavy atom. The first-order valence-electron chi connectivity index (χ1n) is 10.2. The van der Waals surface area contributed by atoms with Crippen molar-refractivity contribution in [2.75, 3.05) is 43.9 Å². The number of urea groups is 1. The molecular formula is C21H31N5O2SSi. The van der Waals surface area contributed by atoms with Gasteiger partial charge in [-0.05, 0) is 19.1 Å². The molecule has 0 unspecified atom stereocenters. The number of carbonyl (C=O) groups excluding carboxylic acids is 2. The third-order valence-corrected chi connectivity index (χ3v) is 8.25. The van der Waals surface area contributed by atoms with E-state index in [1.165, 1.54) is 21.4 Å². The van der Waals surface area contributed by atoms with Crippen molar-refractivity contribution in [1.82, 2.24) is 14.8 Å². The zero-order chi connectivity index (χ0) is 22.1. The second-order valence-electron chi connectivity index (χ2n) is 8.96. The summed E-state index contributed by atoms with van der Waals surface area (Å²) in [7, 11) is 2.09. The quantitative estimate of drug-likeness (QED) is 0.734. The molecule has 1 saturated heterocycles. The minimum Gasteiger partial charge on any atom is -0.344 e. The van der Waals surface area contributed by atoms with Gasteiger partial charge in [-0.2, -0.15) is 0 Å². The van der Waals surface area contributed by atoms with E-state index in [4.69, 9.17) is 0 Å². The lowest BCUT2D eigenvalue weighted by Gasteiger charge is -2.39. The van der Waals surface area contributed by atoms with Crippen LogP contribution in [0.15, 0.2) is 29.6 Å². The molecule has 2 aromatic rings. The van der Waals surface area contributed by atoms with Crippen molar-refractivity contribution < 1.29 is 9.59 Å². The fourth-order valence-corrected chi connectivity index (χ4v) is 5.42. The van der Waals surface area contributed by atoms with Crippen LogP contribution in [0.1, 0.15) is 17.4 Å². The number of aromatic nitrogens is 1. The van der Waals surface area contributed by atoms with Crippen molar-refractivity contribution >= 4 is 47.4 Å². The lowest BCUT2D eigenvalue weighted by Crippen LogP contribution is -2.55. The van der Waals surface area contributed by atoms with Gasteiger partial charge in [-0.3, -0.25) is 4.79 Å². The second kappa shape index (κ2) is 8.77. The Labute approximate surface area is 183 Å². The zero-order valence-electron chi connectivity index (χ0n) is 18.6. The molecule has 0 bridgehead atoms. The number of carbonyl (C=O) groups is 2. The van der Waals surface area contributed by atoms with Gasteiger partial charge >= 0.3 is 6.03 Å². The van der Waals surface area contributed by atoms with Crippen LogP contribution in [0.4, 0.5) is 15.6 Å². The third kappa shape index (κ3) is 5.01. The van der Waals surface area contributed by atoms with Gasteiger partial charge in [-0.15, -0.1) is 11.3 Å². The highest BCUT2D eigenvalue weighted by Crippen LogP contribution is 2.24. The Morgan fingerprint density at radius 3 is 2.40 bits per heavy atom. The molecule has 1 N–H and O–H groups in total. The first kappa shape index (κ1) is 22.3. The highest BCUT2D eigenvalue weighted by molar-refractivity contribution is 7.13. The standard InChI is InChI=1S/C21H31N5O2SSi/c1-15-13-25(21-23-18(14-29-21)19(27)24(2)3)11-12-26(15)20(28)22-16-7-9-17(10-8-16)30(4,5)6/h7-10,14-15H,11-13H2,1-6H3,(H,22,28)/t15-/m1/s1. The Bertz CT molecular complexity index is 907. The van der Waals surface area contributed by atoms with Crippen molar-refractivity contribution in [2.45, 2.75) is 32.6 Å². The molecule has 2 heterocycles. The van der Waals surface area contributed by atoms with Crippen LogP contribution in [0.2, 0.25) is 19.6 Å². The Morgan fingerprint density at radius 1 is 1.17 bits per heavy atom. The molecule has 0 aliphatic carbocycles. The summed E-state index contributed by atoms with van der Waals surface area (Å²) in [4.78, 5) is 34.9. The van der Waals surface area contributed by atoms with Gasteiger partial charge in [0.25, 0.3) is 5.91 Å². The van der Waals surface area contributed by atoms with Gasteiger partial charge in [-0.1, -0.05) is 37.0 Å². The Hall–Kier alpha value is -2.39. The number of benzene rings is 1. The van der Waals surface area contributed by atoms with Crippen molar-refractivity contribution in [1.29, 1.82) is 0 Å². The first-order chi connectivity index (χ1) is 14.1. The van der Waals surface area contributed by atoms with Gasteiger partial charge in [0.1, 0.15) is 5.69 Å². The summed E-state index contributed by atoms with van der Waals surface area (Å²) in [6.45, 7) is 11.0. The summed E-state index contributed by atoms with van der Waals surface area (Å²) in [5.74, 6) is -0.0938. The van der Waals surface area contributed by atoms with E-state index in [2.05, 4.69) is 47.0 Å². The molecule has 1 aliphatic rings. The van der Waals surface area contributed by atoms with Crippen LogP contribution in [-0.2, 0) is 0 Å². The van der Waals surface area contributed by atoms with Crippen LogP contribution in [0.3, 0.4) is 0 Å². The number of piperazine rings is 1. The summed E-state index contributed by atoms with van der Waals surface area (Å²) in [5.41, 5.74) is 1.29. The molecule has 3 amide bonds. The average molecular weight is 446 g/mol. The summed E-state index contributed by atoms with van der Waals surface area (Å²) < 4.78 is 0. The molecule has 1 aromatic carbocycles. The van der Waals surface area contributed by atoms with Crippen LogP contribution >= 0.6 is 11.3 Å². The SMILES string of the molecule is C[C@@H]1CN(c2nc(C(=O)N(C)C)cs2)CCN1C(=O)Nc1ccc([Si](C)(C)C)cc1. The van der Waals surface area contributed by atoms with Crippen LogP contribution in [0, 0.1) is 0 Å². The number of amides is 3. The summed E-state index contributed by atoms with van der Waals surface area (Å²) >= 11 is 1.47. The third-order valence-electron chi connectivity index (χ3n) is 5.28. The molecule has 3 rings (SSSR count). The van der Waals surface area contributed by atoms with E-state index >= 15 is 0 Å². The number of rotatable bonds is 4. The maximum absolute atomic E-state index is 12.8. The lowest BCUT2D eigenvalue weighted by atomic mass is 10.2. The first-order valence-corrected chi connectivity index (χ1v) is 14.5. The average Bonchev–Trinajstić information content (AvgIpc) is 3.17. The minimum atomic E-state index is -1.35.